The molecule has 1 aliphatic heterocycles. The number of carbonyl (C=O) groups excluding carboxylic acids is 1. The molecule has 0 bridgehead atoms. The first-order valence-corrected chi connectivity index (χ1v) is 9.09. The number of hydrogen-bond donors (Lipinski definition) is 2. The third-order valence-corrected chi connectivity index (χ3v) is 5.13. The molecule has 0 unspecified atom stereocenters. The molecular formula is C18H25Cl2N3OS. The summed E-state index contributed by atoms with van der Waals surface area (Å²) in [5, 5.41) is 9.14. The maximum Gasteiger partial charge on any atom is 0.270 e. The van der Waals surface area contributed by atoms with Gasteiger partial charge in [0.05, 0.1) is 0 Å². The van der Waals surface area contributed by atoms with E-state index in [1.807, 2.05) is 5.38 Å². The average Bonchev–Trinajstić information content (AvgIpc) is 3.06. The van der Waals surface area contributed by atoms with Gasteiger partial charge in [0, 0.05) is 17.0 Å². The maximum absolute atomic E-state index is 12.3. The summed E-state index contributed by atoms with van der Waals surface area (Å²) in [6.07, 6.45) is 1.97. The van der Waals surface area contributed by atoms with Crippen molar-refractivity contribution in [3.8, 4) is 10.6 Å². The minimum atomic E-state index is -0.0572. The number of amides is 1. The fourth-order valence-corrected chi connectivity index (χ4v) is 3.55. The highest BCUT2D eigenvalue weighted by Gasteiger charge is 2.18. The molecule has 1 aromatic carbocycles. The molecule has 2 aromatic rings. The Morgan fingerprint density at radius 3 is 2.44 bits per heavy atom. The molecule has 0 atom stereocenters. The van der Waals surface area contributed by atoms with Crippen LogP contribution >= 0.6 is 36.2 Å². The highest BCUT2D eigenvalue weighted by Crippen LogP contribution is 2.25. The van der Waals surface area contributed by atoms with Crippen molar-refractivity contribution in [1.29, 1.82) is 0 Å². The summed E-state index contributed by atoms with van der Waals surface area (Å²) in [5.74, 6) is 0.463. The van der Waals surface area contributed by atoms with E-state index in [2.05, 4.69) is 53.7 Å². The van der Waals surface area contributed by atoms with Gasteiger partial charge in [-0.3, -0.25) is 4.79 Å². The zero-order valence-electron chi connectivity index (χ0n) is 14.5. The van der Waals surface area contributed by atoms with Gasteiger partial charge in [0.2, 0.25) is 0 Å². The lowest BCUT2D eigenvalue weighted by molar-refractivity contribution is 0.0925. The van der Waals surface area contributed by atoms with Gasteiger partial charge in [-0.1, -0.05) is 38.1 Å². The summed E-state index contributed by atoms with van der Waals surface area (Å²) < 4.78 is 0. The van der Waals surface area contributed by atoms with Gasteiger partial charge in [-0.05, 0) is 37.4 Å². The Balaban J connectivity index is 0.00000156. The van der Waals surface area contributed by atoms with Gasteiger partial charge in [-0.25, -0.2) is 4.98 Å². The highest BCUT2D eigenvalue weighted by atomic mass is 35.5. The van der Waals surface area contributed by atoms with Crippen LogP contribution in [0.15, 0.2) is 29.6 Å². The van der Waals surface area contributed by atoms with Crippen LogP contribution in [0, 0.1) is 0 Å². The molecule has 25 heavy (non-hydrogen) atoms. The standard InChI is InChI=1S/C18H23N3OS.2ClH/c1-12(2)13-3-5-14(6-4-13)18-21-16(11-23-18)17(22)20-15-7-9-19-10-8-15;;/h3-6,11-12,15,19H,7-10H2,1-2H3,(H,20,22);2*1H. The molecule has 2 heterocycles. The number of thiazole rings is 1. The van der Waals surface area contributed by atoms with Crippen LogP contribution in [-0.4, -0.2) is 30.0 Å². The van der Waals surface area contributed by atoms with Crippen molar-refractivity contribution >= 4 is 42.1 Å². The van der Waals surface area contributed by atoms with Crippen LogP contribution in [-0.2, 0) is 0 Å². The number of carbonyl (C=O) groups is 1. The third-order valence-electron chi connectivity index (χ3n) is 4.24. The number of halogens is 2. The van der Waals surface area contributed by atoms with Crippen LogP contribution in [0.1, 0.15) is 48.7 Å². The third kappa shape index (κ3) is 5.68. The number of nitrogens with one attached hydrogen (secondary N) is 2. The highest BCUT2D eigenvalue weighted by molar-refractivity contribution is 7.13. The molecule has 0 saturated carbocycles. The largest absolute Gasteiger partial charge is 0.348 e. The predicted octanol–water partition coefficient (Wildman–Crippen LogP) is 4.26. The summed E-state index contributed by atoms with van der Waals surface area (Å²) in [4.78, 5) is 16.8. The molecular weight excluding hydrogens is 377 g/mol. The van der Waals surface area contributed by atoms with Crippen molar-refractivity contribution in [3.63, 3.8) is 0 Å². The quantitative estimate of drug-likeness (QED) is 0.804. The molecule has 0 radical (unpaired) electrons. The van der Waals surface area contributed by atoms with Gasteiger partial charge in [0.1, 0.15) is 10.7 Å². The van der Waals surface area contributed by atoms with Crippen molar-refractivity contribution in [2.45, 2.75) is 38.6 Å². The summed E-state index contributed by atoms with van der Waals surface area (Å²) in [5.41, 5.74) is 2.91. The lowest BCUT2D eigenvalue weighted by Crippen LogP contribution is -2.42. The van der Waals surface area contributed by atoms with Crippen molar-refractivity contribution in [2.75, 3.05) is 13.1 Å². The van der Waals surface area contributed by atoms with Crippen LogP contribution in [0.25, 0.3) is 10.6 Å². The smallest absolute Gasteiger partial charge is 0.270 e. The van der Waals surface area contributed by atoms with Crippen molar-refractivity contribution < 1.29 is 4.79 Å². The minimum absolute atomic E-state index is 0. The van der Waals surface area contributed by atoms with Gasteiger partial charge >= 0.3 is 0 Å². The maximum atomic E-state index is 12.3. The van der Waals surface area contributed by atoms with E-state index in [4.69, 9.17) is 0 Å². The van der Waals surface area contributed by atoms with E-state index < -0.39 is 0 Å². The van der Waals surface area contributed by atoms with Gasteiger partial charge in [0.15, 0.2) is 0 Å². The Hall–Kier alpha value is -1.14. The first-order chi connectivity index (χ1) is 11.1. The van der Waals surface area contributed by atoms with E-state index >= 15 is 0 Å². The van der Waals surface area contributed by atoms with E-state index in [-0.39, 0.29) is 36.8 Å². The molecule has 3 rings (SSSR count). The van der Waals surface area contributed by atoms with Gasteiger partial charge < -0.3 is 10.6 Å². The van der Waals surface area contributed by atoms with Gasteiger partial charge in [0.25, 0.3) is 5.91 Å². The van der Waals surface area contributed by atoms with Crippen LogP contribution in [0.3, 0.4) is 0 Å². The minimum Gasteiger partial charge on any atom is -0.348 e. The second-order valence-corrected chi connectivity index (χ2v) is 7.17. The lowest BCUT2D eigenvalue weighted by atomic mass is 10.0. The summed E-state index contributed by atoms with van der Waals surface area (Å²) >= 11 is 1.52. The van der Waals surface area contributed by atoms with Gasteiger partial charge in [-0.15, -0.1) is 36.2 Å². The van der Waals surface area contributed by atoms with Gasteiger partial charge in [-0.2, -0.15) is 0 Å². The molecule has 1 saturated heterocycles. The average molecular weight is 402 g/mol. The fourth-order valence-electron chi connectivity index (χ4n) is 2.75. The second kappa shape index (κ2) is 10.1. The van der Waals surface area contributed by atoms with E-state index in [1.165, 1.54) is 16.9 Å². The van der Waals surface area contributed by atoms with E-state index in [0.29, 0.717) is 11.6 Å². The molecule has 7 heteroatoms. The molecule has 2 N–H and O–H groups in total. The second-order valence-electron chi connectivity index (χ2n) is 6.31. The topological polar surface area (TPSA) is 54.0 Å². The molecule has 1 amide bonds. The van der Waals surface area contributed by atoms with Crippen molar-refractivity contribution in [2.24, 2.45) is 0 Å². The Kier molecular flexibility index (Phi) is 8.86. The van der Waals surface area contributed by atoms with Crippen LogP contribution in [0.2, 0.25) is 0 Å². The number of piperidine rings is 1. The van der Waals surface area contributed by atoms with E-state index in [1.54, 1.807) is 0 Å². The molecule has 138 valence electrons. The zero-order valence-corrected chi connectivity index (χ0v) is 16.9. The summed E-state index contributed by atoms with van der Waals surface area (Å²) in [6, 6.07) is 8.71. The number of nitrogens with zero attached hydrogens (tertiary/aromatic N) is 1. The molecule has 0 spiro atoms. The number of benzene rings is 1. The Bertz CT molecular complexity index is 667. The normalized spacial score (nSPS) is 14.5. The molecule has 0 aliphatic carbocycles. The van der Waals surface area contributed by atoms with Crippen molar-refractivity contribution in [1.82, 2.24) is 15.6 Å². The molecule has 1 aromatic heterocycles. The summed E-state index contributed by atoms with van der Waals surface area (Å²) in [7, 11) is 0. The molecule has 4 nitrogen and oxygen atoms in total. The lowest BCUT2D eigenvalue weighted by Gasteiger charge is -2.23. The number of rotatable bonds is 4. The van der Waals surface area contributed by atoms with Crippen LogP contribution < -0.4 is 10.6 Å². The number of aromatic nitrogens is 1. The van der Waals surface area contributed by atoms with Crippen molar-refractivity contribution in [3.05, 3.63) is 40.9 Å². The Morgan fingerprint density at radius 1 is 1.20 bits per heavy atom. The fraction of sp³-hybridized carbons (Fsp3) is 0.444. The first-order valence-electron chi connectivity index (χ1n) is 8.21. The first kappa shape index (κ1) is 21.9. The Labute approximate surface area is 165 Å². The SMILES string of the molecule is CC(C)c1ccc(-c2nc(C(=O)NC3CCNCC3)cs2)cc1.Cl.Cl. The van der Waals surface area contributed by atoms with E-state index in [0.717, 1.165) is 36.5 Å². The molecule has 1 aliphatic rings. The van der Waals surface area contributed by atoms with Crippen LogP contribution in [0.4, 0.5) is 0 Å². The zero-order chi connectivity index (χ0) is 16.2. The van der Waals surface area contributed by atoms with Crippen LogP contribution in [0.5, 0.6) is 0 Å². The predicted molar refractivity (Wildman–Crippen MR) is 109 cm³/mol. The van der Waals surface area contributed by atoms with E-state index in [9.17, 15) is 4.79 Å². The Morgan fingerprint density at radius 2 is 1.84 bits per heavy atom. The molecule has 1 fully saturated rings. The number of hydrogen-bond acceptors (Lipinski definition) is 4. The monoisotopic (exact) mass is 401 g/mol. The summed E-state index contributed by atoms with van der Waals surface area (Å²) in [6.45, 7) is 6.30.